The molecule has 0 radical (unpaired) electrons. The van der Waals surface area contributed by atoms with Crippen LogP contribution < -0.4 is 0 Å². The average molecular weight is 150 g/mol. The first-order chi connectivity index (χ1) is 4.16. The van der Waals surface area contributed by atoms with Gasteiger partial charge in [-0.1, -0.05) is 0 Å². The number of nitrogens with zero attached hydrogens (tertiary/aromatic N) is 3. The quantitative estimate of drug-likeness (QED) is 0.261. The Bertz CT molecular complexity index is 153. The van der Waals surface area contributed by atoms with Crippen LogP contribution >= 0.6 is 11.6 Å². The zero-order valence-corrected chi connectivity index (χ0v) is 5.37. The first-order valence-corrected chi connectivity index (χ1v) is 2.45. The highest BCUT2D eigenvalue weighted by molar-refractivity contribution is 6.61. The minimum atomic E-state index is -0.977. The second kappa shape index (κ2) is 4.00. The van der Waals surface area contributed by atoms with Gasteiger partial charge in [0.1, 0.15) is 0 Å². The summed E-state index contributed by atoms with van der Waals surface area (Å²) >= 11 is 4.76. The van der Waals surface area contributed by atoms with E-state index in [9.17, 15) is 4.79 Å². The molecule has 0 saturated carbocycles. The maximum atomic E-state index is 9.89. The van der Waals surface area contributed by atoms with Crippen molar-refractivity contribution in [1.29, 1.82) is 0 Å². The van der Waals surface area contributed by atoms with Gasteiger partial charge < -0.3 is 4.74 Å². The lowest BCUT2D eigenvalue weighted by Crippen LogP contribution is -2.04. The number of ether oxygens (including phenoxy) is 1. The molecule has 0 fully saturated rings. The van der Waals surface area contributed by atoms with Crippen molar-refractivity contribution in [3.05, 3.63) is 10.4 Å². The van der Waals surface area contributed by atoms with Gasteiger partial charge in [-0.2, -0.15) is 0 Å². The number of carbonyl (C=O) groups is 1. The van der Waals surface area contributed by atoms with Crippen LogP contribution in [0.15, 0.2) is 5.11 Å². The highest BCUT2D eigenvalue weighted by atomic mass is 35.5. The Morgan fingerprint density at radius 3 is 2.89 bits per heavy atom. The van der Waals surface area contributed by atoms with Crippen LogP contribution in [0.5, 0.6) is 0 Å². The Labute approximate surface area is 56.2 Å². The summed E-state index contributed by atoms with van der Waals surface area (Å²) in [6.45, 7) is 1.40. The molecule has 0 aromatic carbocycles. The third-order valence-electron chi connectivity index (χ3n) is 0.477. The number of hydrogen-bond acceptors (Lipinski definition) is 3. The van der Waals surface area contributed by atoms with Crippen LogP contribution in [0.25, 0.3) is 10.4 Å². The van der Waals surface area contributed by atoms with Gasteiger partial charge >= 0.3 is 5.43 Å². The third-order valence-corrected chi connectivity index (χ3v) is 0.567. The van der Waals surface area contributed by atoms with Gasteiger partial charge in [0, 0.05) is 16.5 Å². The maximum absolute atomic E-state index is 9.89. The van der Waals surface area contributed by atoms with Crippen molar-refractivity contribution in [3.8, 4) is 0 Å². The molecule has 0 aliphatic carbocycles. The molecule has 0 bridgehead atoms. The summed E-state index contributed by atoms with van der Waals surface area (Å²) in [5.74, 6) is 0. The molecule has 0 rings (SSSR count). The lowest BCUT2D eigenvalue weighted by Gasteiger charge is -2.00. The van der Waals surface area contributed by atoms with Crippen molar-refractivity contribution in [2.45, 2.75) is 13.2 Å². The van der Waals surface area contributed by atoms with Crippen LogP contribution in [0.3, 0.4) is 0 Å². The highest BCUT2D eigenvalue weighted by Crippen LogP contribution is 1.96. The van der Waals surface area contributed by atoms with Gasteiger partial charge in [-0.05, 0) is 17.6 Å². The van der Waals surface area contributed by atoms with E-state index in [4.69, 9.17) is 17.1 Å². The molecular formula is C3H4ClN3O2. The Kier molecular flexibility index (Phi) is 3.59. The molecule has 0 amide bonds. The van der Waals surface area contributed by atoms with Gasteiger partial charge in [0.15, 0.2) is 6.23 Å². The van der Waals surface area contributed by atoms with E-state index < -0.39 is 11.7 Å². The van der Waals surface area contributed by atoms with Crippen LogP contribution in [0.4, 0.5) is 4.79 Å². The fraction of sp³-hybridized carbons (Fsp3) is 0.667. The number of rotatable bonds is 2. The Balaban J connectivity index is 3.62. The fourth-order valence-corrected chi connectivity index (χ4v) is 0.359. The smallest absolute Gasteiger partial charge is 0.404 e. The minimum Gasteiger partial charge on any atom is -0.445 e. The van der Waals surface area contributed by atoms with Crippen LogP contribution in [0, 0.1) is 0 Å². The Morgan fingerprint density at radius 1 is 2.00 bits per heavy atom. The van der Waals surface area contributed by atoms with Crippen LogP contribution in [-0.4, -0.2) is 11.7 Å². The summed E-state index contributed by atoms with van der Waals surface area (Å²) in [5, 5.41) is 3.02. The molecule has 0 N–H and O–H groups in total. The molecule has 5 nitrogen and oxygen atoms in total. The van der Waals surface area contributed by atoms with Crippen molar-refractivity contribution >= 4 is 17.0 Å². The summed E-state index contributed by atoms with van der Waals surface area (Å²) in [4.78, 5) is 12.3. The summed E-state index contributed by atoms with van der Waals surface area (Å²) in [6.07, 6.45) is -0.833. The van der Waals surface area contributed by atoms with E-state index >= 15 is 0 Å². The third kappa shape index (κ3) is 4.93. The monoisotopic (exact) mass is 149 g/mol. The largest absolute Gasteiger partial charge is 0.445 e. The standard InChI is InChI=1S/C3H4ClN3O2/c1-2(6-7-5)9-3(4)8/h2H,1H3. The zero-order valence-electron chi connectivity index (χ0n) is 4.61. The first kappa shape index (κ1) is 8.07. The van der Waals surface area contributed by atoms with E-state index in [-0.39, 0.29) is 0 Å². The van der Waals surface area contributed by atoms with E-state index in [0.717, 1.165) is 0 Å². The first-order valence-electron chi connectivity index (χ1n) is 2.07. The molecule has 1 atom stereocenters. The number of azide groups is 1. The molecule has 0 aliphatic heterocycles. The predicted molar refractivity (Wildman–Crippen MR) is 30.9 cm³/mol. The van der Waals surface area contributed by atoms with Gasteiger partial charge in [-0.25, -0.2) is 4.79 Å². The van der Waals surface area contributed by atoms with Crippen LogP contribution in [0.1, 0.15) is 6.92 Å². The van der Waals surface area contributed by atoms with Gasteiger partial charge in [-0.15, -0.1) is 0 Å². The molecule has 0 aromatic rings. The van der Waals surface area contributed by atoms with Crippen molar-refractivity contribution in [2.24, 2.45) is 5.11 Å². The molecular weight excluding hydrogens is 146 g/mol. The summed E-state index contributed by atoms with van der Waals surface area (Å²) in [5.41, 5.74) is 6.80. The lowest BCUT2D eigenvalue weighted by atomic mass is 10.7. The molecule has 9 heavy (non-hydrogen) atoms. The Morgan fingerprint density at radius 2 is 2.56 bits per heavy atom. The molecule has 0 aromatic heterocycles. The van der Waals surface area contributed by atoms with Crippen molar-refractivity contribution in [1.82, 2.24) is 0 Å². The average Bonchev–Trinajstić information content (AvgIpc) is 1.63. The second-order valence-corrected chi connectivity index (χ2v) is 1.47. The summed E-state index contributed by atoms with van der Waals surface area (Å²) in [7, 11) is 0. The van der Waals surface area contributed by atoms with E-state index in [1.807, 2.05) is 0 Å². The van der Waals surface area contributed by atoms with Crippen molar-refractivity contribution in [3.63, 3.8) is 0 Å². The van der Waals surface area contributed by atoms with Gasteiger partial charge in [0.2, 0.25) is 0 Å². The molecule has 1 unspecified atom stereocenters. The van der Waals surface area contributed by atoms with E-state index in [1.165, 1.54) is 6.92 Å². The minimum absolute atomic E-state index is 0.833. The SMILES string of the molecule is CC(N=[N+]=[N-])OC(=O)Cl. The van der Waals surface area contributed by atoms with Crippen LogP contribution in [0.2, 0.25) is 0 Å². The second-order valence-electron chi connectivity index (χ2n) is 1.16. The summed E-state index contributed by atoms with van der Waals surface area (Å²) < 4.78 is 4.20. The summed E-state index contributed by atoms with van der Waals surface area (Å²) in [6, 6.07) is 0. The topological polar surface area (TPSA) is 75.1 Å². The molecule has 0 saturated heterocycles. The molecule has 50 valence electrons. The van der Waals surface area contributed by atoms with Gasteiger partial charge in [-0.3, -0.25) is 0 Å². The number of halogens is 1. The molecule has 0 aliphatic rings. The van der Waals surface area contributed by atoms with E-state index in [0.29, 0.717) is 0 Å². The highest BCUT2D eigenvalue weighted by Gasteiger charge is 2.01. The van der Waals surface area contributed by atoms with E-state index in [1.54, 1.807) is 0 Å². The molecule has 0 heterocycles. The predicted octanol–water partition coefficient (Wildman–Crippen LogP) is 2.02. The fourth-order valence-electron chi connectivity index (χ4n) is 0.230. The Hall–Kier alpha value is -0.930. The molecule has 0 spiro atoms. The zero-order chi connectivity index (χ0) is 7.28. The van der Waals surface area contributed by atoms with Crippen LogP contribution in [-0.2, 0) is 4.74 Å². The molecule has 6 heteroatoms. The lowest BCUT2D eigenvalue weighted by molar-refractivity contribution is 0.135. The number of carbonyl (C=O) groups excluding carboxylic acids is 1. The maximum Gasteiger partial charge on any atom is 0.404 e. The van der Waals surface area contributed by atoms with Gasteiger partial charge in [0.05, 0.1) is 0 Å². The normalized spacial score (nSPS) is 11.3. The van der Waals surface area contributed by atoms with Crippen molar-refractivity contribution in [2.75, 3.05) is 0 Å². The van der Waals surface area contributed by atoms with Crippen molar-refractivity contribution < 1.29 is 9.53 Å². The number of hydrogen-bond donors (Lipinski definition) is 0. The van der Waals surface area contributed by atoms with E-state index in [2.05, 4.69) is 14.8 Å². The van der Waals surface area contributed by atoms with Gasteiger partial charge in [0.25, 0.3) is 0 Å².